The van der Waals surface area contributed by atoms with E-state index in [1.807, 2.05) is 6.07 Å². The molecule has 1 aromatic carbocycles. The minimum absolute atomic E-state index is 0.181. The number of hydrogen-bond acceptors (Lipinski definition) is 13. The molecule has 0 amide bonds. The number of esters is 4. The van der Waals surface area contributed by atoms with E-state index in [0.29, 0.717) is 25.1 Å². The molecule has 14 atom stereocenters. The van der Waals surface area contributed by atoms with Crippen LogP contribution >= 0.6 is 0 Å². The molecule has 5 saturated carbocycles. The molecule has 7 bridgehead atoms. The molecule has 0 aromatic heterocycles. The van der Waals surface area contributed by atoms with Gasteiger partial charge in [-0.25, -0.2) is 4.79 Å². The third kappa shape index (κ3) is 4.70. The molecule has 51 heavy (non-hydrogen) atoms. The molecule has 1 aromatic rings. The van der Waals surface area contributed by atoms with Gasteiger partial charge in [-0.15, -0.1) is 0 Å². The molecule has 1 saturated heterocycles. The van der Waals surface area contributed by atoms with Gasteiger partial charge in [0.05, 0.1) is 24.4 Å². The van der Waals surface area contributed by atoms with Crippen LogP contribution in [0.5, 0.6) is 0 Å². The standard InChI is InChI=1S/C38H51NO12/c1-9-39-18-35(19-44-5)25(48-20(2)40)15-26(45-6)38-24-16-36(50-21(3)41)27(46-7)17-37(51-22(4)42,29(32(38)39)30(47-8)31(35)38)28(24)33(36)49-34(43)23-13-11-10-12-14-23/h10-14,24-33H,9,15-19H2,1-8H3/t24-,25?,26?,27+,28-,29?,30?,31-,32-,33?,35?,36+,37-,38?/m1/s1. The molecule has 5 aliphatic carbocycles. The number of fused-ring (bicyclic) bond motifs is 2. The molecular weight excluding hydrogens is 662 g/mol. The number of carbonyl (C=O) groups is 4. The minimum Gasteiger partial charge on any atom is -0.462 e. The zero-order valence-corrected chi connectivity index (χ0v) is 30.7. The first-order chi connectivity index (χ1) is 24.4. The molecule has 7 rings (SSSR count). The van der Waals surface area contributed by atoms with Crippen molar-refractivity contribution in [1.29, 1.82) is 0 Å². The summed E-state index contributed by atoms with van der Waals surface area (Å²) in [6.07, 6.45) is -2.61. The van der Waals surface area contributed by atoms with Crippen molar-refractivity contribution in [2.24, 2.45) is 34.5 Å². The first kappa shape index (κ1) is 36.3. The minimum atomic E-state index is -1.41. The highest BCUT2D eigenvalue weighted by molar-refractivity contribution is 5.89. The van der Waals surface area contributed by atoms with Crippen LogP contribution in [0.3, 0.4) is 0 Å². The van der Waals surface area contributed by atoms with Crippen LogP contribution in [0.1, 0.15) is 57.3 Å². The predicted molar refractivity (Wildman–Crippen MR) is 178 cm³/mol. The third-order valence-electron chi connectivity index (χ3n) is 13.7. The summed E-state index contributed by atoms with van der Waals surface area (Å²) in [5, 5.41) is 0. The predicted octanol–water partition coefficient (Wildman–Crippen LogP) is 2.82. The van der Waals surface area contributed by atoms with E-state index >= 15 is 0 Å². The van der Waals surface area contributed by atoms with E-state index < -0.39 is 94.2 Å². The highest BCUT2D eigenvalue weighted by atomic mass is 16.6. The maximum absolute atomic E-state index is 14.1. The van der Waals surface area contributed by atoms with Gasteiger partial charge >= 0.3 is 23.9 Å². The lowest BCUT2D eigenvalue weighted by Crippen LogP contribution is -2.79. The number of rotatable bonds is 11. The summed E-state index contributed by atoms with van der Waals surface area (Å²) in [4.78, 5) is 55.9. The molecule has 6 fully saturated rings. The maximum Gasteiger partial charge on any atom is 0.338 e. The number of methoxy groups -OCH3 is 4. The molecule has 1 heterocycles. The number of piperidine rings is 1. The lowest BCUT2D eigenvalue weighted by atomic mass is 9.42. The normalized spacial score (nSPS) is 44.4. The van der Waals surface area contributed by atoms with Gasteiger partial charge < -0.3 is 37.9 Å². The fourth-order valence-electron chi connectivity index (χ4n) is 13.0. The zero-order valence-electron chi connectivity index (χ0n) is 30.7. The van der Waals surface area contributed by atoms with Crippen molar-refractivity contribution in [1.82, 2.24) is 4.90 Å². The van der Waals surface area contributed by atoms with E-state index in [1.165, 1.54) is 20.8 Å². The molecule has 1 spiro atoms. The van der Waals surface area contributed by atoms with E-state index in [1.54, 1.807) is 52.7 Å². The number of nitrogens with zero attached hydrogens (tertiary/aromatic N) is 1. The molecule has 0 N–H and O–H groups in total. The van der Waals surface area contributed by atoms with Crippen LogP contribution in [0.4, 0.5) is 0 Å². The Morgan fingerprint density at radius 3 is 2.02 bits per heavy atom. The van der Waals surface area contributed by atoms with Crippen LogP contribution in [0.2, 0.25) is 0 Å². The summed E-state index contributed by atoms with van der Waals surface area (Å²) < 4.78 is 51.4. The molecule has 6 aliphatic rings. The number of carbonyl (C=O) groups excluding carboxylic acids is 4. The van der Waals surface area contributed by atoms with Gasteiger partial charge in [-0.05, 0) is 31.0 Å². The van der Waals surface area contributed by atoms with Gasteiger partial charge in [-0.1, -0.05) is 25.1 Å². The third-order valence-corrected chi connectivity index (χ3v) is 13.7. The van der Waals surface area contributed by atoms with Crippen molar-refractivity contribution in [2.45, 2.75) is 94.7 Å². The summed E-state index contributed by atoms with van der Waals surface area (Å²) in [7, 11) is 6.55. The van der Waals surface area contributed by atoms with Crippen LogP contribution in [0, 0.1) is 34.5 Å². The molecule has 7 unspecified atom stereocenters. The van der Waals surface area contributed by atoms with Gasteiger partial charge in [0.2, 0.25) is 0 Å². The molecule has 1 aliphatic heterocycles. The van der Waals surface area contributed by atoms with Crippen molar-refractivity contribution in [3.05, 3.63) is 35.9 Å². The summed E-state index contributed by atoms with van der Waals surface area (Å²) in [6.45, 7) is 7.69. The van der Waals surface area contributed by atoms with Gasteiger partial charge in [0, 0.05) is 103 Å². The Bertz CT molecular complexity index is 1560. The quantitative estimate of drug-likeness (QED) is 0.245. The monoisotopic (exact) mass is 713 g/mol. The Kier molecular flexibility index (Phi) is 9.09. The Morgan fingerprint density at radius 1 is 0.784 bits per heavy atom. The molecular formula is C38H51NO12. The fourth-order valence-corrected chi connectivity index (χ4v) is 13.0. The van der Waals surface area contributed by atoms with Crippen LogP contribution in [-0.4, -0.2) is 125 Å². The summed E-state index contributed by atoms with van der Waals surface area (Å²) >= 11 is 0. The van der Waals surface area contributed by atoms with Gasteiger partial charge in [-0.2, -0.15) is 0 Å². The van der Waals surface area contributed by atoms with Gasteiger partial charge in [0.15, 0.2) is 11.7 Å². The van der Waals surface area contributed by atoms with E-state index in [-0.39, 0.29) is 31.4 Å². The average Bonchev–Trinajstić information content (AvgIpc) is 3.47. The van der Waals surface area contributed by atoms with Crippen molar-refractivity contribution < 1.29 is 57.1 Å². The average molecular weight is 714 g/mol. The van der Waals surface area contributed by atoms with Crippen LogP contribution in [0.15, 0.2) is 30.3 Å². The summed E-state index contributed by atoms with van der Waals surface area (Å²) in [5.41, 5.74) is -3.84. The number of hydrogen-bond donors (Lipinski definition) is 0. The Balaban J connectivity index is 1.54. The summed E-state index contributed by atoms with van der Waals surface area (Å²) in [6, 6.07) is 8.43. The van der Waals surface area contributed by atoms with Gasteiger partial charge in [-0.3, -0.25) is 19.3 Å². The highest BCUT2D eigenvalue weighted by Gasteiger charge is 2.91. The number of ether oxygens (including phenoxy) is 8. The first-order valence-corrected chi connectivity index (χ1v) is 18.0. The Labute approximate surface area is 298 Å². The van der Waals surface area contributed by atoms with E-state index in [2.05, 4.69) is 11.8 Å². The Hall–Kier alpha value is -3.10. The van der Waals surface area contributed by atoms with Crippen molar-refractivity contribution in [3.8, 4) is 0 Å². The number of benzene rings is 1. The first-order valence-electron chi connectivity index (χ1n) is 18.0. The molecule has 13 heteroatoms. The van der Waals surface area contributed by atoms with Gasteiger partial charge in [0.1, 0.15) is 17.8 Å². The second kappa shape index (κ2) is 12.8. The van der Waals surface area contributed by atoms with Crippen LogP contribution < -0.4 is 0 Å². The lowest BCUT2D eigenvalue weighted by molar-refractivity contribution is -0.302. The van der Waals surface area contributed by atoms with E-state index in [4.69, 9.17) is 37.9 Å². The summed E-state index contributed by atoms with van der Waals surface area (Å²) in [5.74, 6) is -3.84. The topological polar surface area (TPSA) is 145 Å². The molecule has 0 radical (unpaired) electrons. The van der Waals surface area contributed by atoms with Crippen LogP contribution in [-0.2, 0) is 52.3 Å². The number of likely N-dealkylation sites (tertiary alicyclic amines) is 1. The van der Waals surface area contributed by atoms with Crippen molar-refractivity contribution >= 4 is 23.9 Å². The maximum atomic E-state index is 14.1. The van der Waals surface area contributed by atoms with Crippen LogP contribution in [0.25, 0.3) is 0 Å². The lowest BCUT2D eigenvalue weighted by Gasteiger charge is -2.70. The second-order valence-electron chi connectivity index (χ2n) is 15.5. The second-order valence-corrected chi connectivity index (χ2v) is 15.5. The highest BCUT2D eigenvalue weighted by Crippen LogP contribution is 2.81. The molecule has 13 nitrogen and oxygen atoms in total. The Morgan fingerprint density at radius 2 is 1.45 bits per heavy atom. The van der Waals surface area contributed by atoms with E-state index in [9.17, 15) is 19.2 Å². The largest absolute Gasteiger partial charge is 0.462 e. The smallest absolute Gasteiger partial charge is 0.338 e. The zero-order chi connectivity index (χ0) is 36.7. The van der Waals surface area contributed by atoms with E-state index in [0.717, 1.165) is 0 Å². The SMILES string of the molecule is CCN1CC2(COC)C(OC(C)=O)CC(OC)C34[C@@H]5C[C@@]6(OC(C)=O)C(OC(=O)c7ccccc7)[C@@H]5[C@](OC(C)=O)(C[C@@H]6OC)C(C(OC)[C@H]23)[C@@H]14. The van der Waals surface area contributed by atoms with Crippen molar-refractivity contribution in [3.63, 3.8) is 0 Å². The fraction of sp³-hybridized carbons (Fsp3) is 0.737. The molecule has 280 valence electrons. The van der Waals surface area contributed by atoms with Gasteiger partial charge in [0.25, 0.3) is 0 Å². The van der Waals surface area contributed by atoms with Crippen molar-refractivity contribution in [2.75, 3.05) is 48.1 Å².